The van der Waals surface area contributed by atoms with Crippen molar-refractivity contribution in [2.75, 3.05) is 47.0 Å². The summed E-state index contributed by atoms with van der Waals surface area (Å²) in [5, 5.41) is 2.90. The lowest BCUT2D eigenvalue weighted by Gasteiger charge is -2.42. The summed E-state index contributed by atoms with van der Waals surface area (Å²) in [4.78, 5) is 35.8. The molecule has 1 saturated heterocycles. The van der Waals surface area contributed by atoms with E-state index in [1.54, 1.807) is 39.3 Å². The molecule has 0 aliphatic carbocycles. The van der Waals surface area contributed by atoms with Crippen LogP contribution in [0.5, 0.6) is 11.5 Å². The van der Waals surface area contributed by atoms with Gasteiger partial charge in [0, 0.05) is 26.2 Å². The number of amides is 1. The second-order valence-electron chi connectivity index (χ2n) is 9.98. The van der Waals surface area contributed by atoms with E-state index < -0.39 is 23.8 Å². The SMILES string of the molecule is CCOC(=O)C1C(=O)NC(N2CCN(C(c3ccccc3)c3ccccc3)CC2)=NC1c1ccc(OC)c(OC)c1. The normalized spacial score (nSPS) is 19.4. The molecular formula is C32H36N4O5. The fourth-order valence-corrected chi connectivity index (χ4v) is 5.58. The van der Waals surface area contributed by atoms with Crippen LogP contribution in [0, 0.1) is 5.92 Å². The number of nitrogens with zero attached hydrogens (tertiary/aromatic N) is 3. The van der Waals surface area contributed by atoms with Gasteiger partial charge in [-0.1, -0.05) is 66.7 Å². The molecule has 41 heavy (non-hydrogen) atoms. The molecule has 9 heteroatoms. The van der Waals surface area contributed by atoms with Crippen LogP contribution in [0.4, 0.5) is 0 Å². The molecule has 2 atom stereocenters. The van der Waals surface area contributed by atoms with E-state index in [-0.39, 0.29) is 12.6 Å². The van der Waals surface area contributed by atoms with Gasteiger partial charge in [-0.15, -0.1) is 0 Å². The highest BCUT2D eigenvalue weighted by molar-refractivity contribution is 6.08. The quantitative estimate of drug-likeness (QED) is 0.333. The largest absolute Gasteiger partial charge is 0.493 e. The minimum absolute atomic E-state index is 0.121. The van der Waals surface area contributed by atoms with Crippen LogP contribution in [0.2, 0.25) is 0 Å². The van der Waals surface area contributed by atoms with Crippen LogP contribution >= 0.6 is 0 Å². The highest BCUT2D eigenvalue weighted by atomic mass is 16.5. The molecule has 0 radical (unpaired) electrons. The summed E-state index contributed by atoms with van der Waals surface area (Å²) in [6, 6.07) is 25.7. The van der Waals surface area contributed by atoms with Crippen molar-refractivity contribution >= 4 is 17.8 Å². The molecule has 3 aromatic carbocycles. The third kappa shape index (κ3) is 6.05. The number of ether oxygens (including phenoxy) is 3. The number of hydrogen-bond acceptors (Lipinski definition) is 8. The Hall–Kier alpha value is -4.37. The van der Waals surface area contributed by atoms with Crippen LogP contribution in [-0.4, -0.2) is 74.6 Å². The summed E-state index contributed by atoms with van der Waals surface area (Å²) < 4.78 is 16.1. The van der Waals surface area contributed by atoms with E-state index in [9.17, 15) is 9.59 Å². The standard InChI is InChI=1S/C32H36N4O5/c1-4-41-31(38)27-28(24-15-16-25(39-2)26(21-24)40-3)33-32(34-30(27)37)36-19-17-35(18-20-36)29(22-11-7-5-8-12-22)23-13-9-6-10-14-23/h5-16,21,27-29H,4,17-20H2,1-3H3,(H,33,34,37). The zero-order chi connectivity index (χ0) is 28.8. The fourth-order valence-electron chi connectivity index (χ4n) is 5.58. The van der Waals surface area contributed by atoms with Crippen LogP contribution in [-0.2, 0) is 14.3 Å². The van der Waals surface area contributed by atoms with Crippen molar-refractivity contribution in [2.45, 2.75) is 19.0 Å². The Morgan fingerprint density at radius 2 is 1.51 bits per heavy atom. The monoisotopic (exact) mass is 556 g/mol. The third-order valence-corrected chi connectivity index (χ3v) is 7.59. The molecule has 2 aliphatic heterocycles. The third-order valence-electron chi connectivity index (χ3n) is 7.59. The predicted molar refractivity (Wildman–Crippen MR) is 156 cm³/mol. The van der Waals surface area contributed by atoms with Gasteiger partial charge in [0.2, 0.25) is 11.9 Å². The number of nitrogens with one attached hydrogen (secondary N) is 1. The molecule has 214 valence electrons. The minimum atomic E-state index is -1.11. The first-order chi connectivity index (χ1) is 20.0. The van der Waals surface area contributed by atoms with Gasteiger partial charge in [-0.2, -0.15) is 0 Å². The molecule has 0 saturated carbocycles. The van der Waals surface area contributed by atoms with Crippen molar-refractivity contribution < 1.29 is 23.8 Å². The van der Waals surface area contributed by atoms with E-state index in [2.05, 4.69) is 63.6 Å². The van der Waals surface area contributed by atoms with E-state index >= 15 is 0 Å². The highest BCUT2D eigenvalue weighted by Gasteiger charge is 2.42. The highest BCUT2D eigenvalue weighted by Crippen LogP contribution is 2.37. The molecule has 9 nitrogen and oxygen atoms in total. The van der Waals surface area contributed by atoms with Crippen LogP contribution < -0.4 is 14.8 Å². The topological polar surface area (TPSA) is 92.7 Å². The first-order valence-electron chi connectivity index (χ1n) is 13.9. The van der Waals surface area contributed by atoms with Crippen molar-refractivity contribution in [1.29, 1.82) is 0 Å². The molecule has 0 bridgehead atoms. The number of benzene rings is 3. The smallest absolute Gasteiger partial charge is 0.321 e. The van der Waals surface area contributed by atoms with Gasteiger partial charge < -0.3 is 19.1 Å². The Labute approximate surface area is 240 Å². The number of aliphatic imine (C=N–C) groups is 1. The van der Waals surface area contributed by atoms with Crippen molar-refractivity contribution in [3.8, 4) is 11.5 Å². The molecule has 2 unspecified atom stereocenters. The first kappa shape index (κ1) is 28.2. The summed E-state index contributed by atoms with van der Waals surface area (Å²) in [5.74, 6) is -0.634. The summed E-state index contributed by atoms with van der Waals surface area (Å²) in [5.41, 5.74) is 3.14. The van der Waals surface area contributed by atoms with Gasteiger partial charge in [-0.25, -0.2) is 4.99 Å². The summed E-state index contributed by atoms with van der Waals surface area (Å²) in [6.07, 6.45) is 0. The number of carbonyl (C=O) groups excluding carboxylic acids is 2. The number of esters is 1. The average Bonchev–Trinajstić information content (AvgIpc) is 3.02. The van der Waals surface area contributed by atoms with Gasteiger partial charge >= 0.3 is 5.97 Å². The molecule has 2 aliphatic rings. The molecule has 0 aromatic heterocycles. The maximum atomic E-state index is 13.4. The van der Waals surface area contributed by atoms with Gasteiger partial charge in [-0.05, 0) is 35.7 Å². The van der Waals surface area contributed by atoms with Crippen LogP contribution in [0.25, 0.3) is 0 Å². The van der Waals surface area contributed by atoms with Crippen molar-refractivity contribution in [3.05, 3.63) is 95.6 Å². The van der Waals surface area contributed by atoms with Gasteiger partial charge in [-0.3, -0.25) is 19.8 Å². The summed E-state index contributed by atoms with van der Waals surface area (Å²) in [7, 11) is 3.10. The number of carbonyl (C=O) groups is 2. The Kier molecular flexibility index (Phi) is 8.84. The summed E-state index contributed by atoms with van der Waals surface area (Å²) >= 11 is 0. The van der Waals surface area contributed by atoms with E-state index in [0.29, 0.717) is 36.1 Å². The Bertz CT molecular complexity index is 1330. The van der Waals surface area contributed by atoms with E-state index in [0.717, 1.165) is 13.1 Å². The second kappa shape index (κ2) is 12.9. The van der Waals surface area contributed by atoms with Crippen LogP contribution in [0.3, 0.4) is 0 Å². The summed E-state index contributed by atoms with van der Waals surface area (Å²) in [6.45, 7) is 4.76. The number of guanidine groups is 1. The lowest BCUT2D eigenvalue weighted by atomic mass is 9.91. The van der Waals surface area contributed by atoms with Gasteiger partial charge in [0.1, 0.15) is 6.04 Å². The molecule has 0 spiro atoms. The lowest BCUT2D eigenvalue weighted by Crippen LogP contribution is -2.57. The number of piperazine rings is 1. The van der Waals surface area contributed by atoms with E-state index in [1.807, 2.05) is 12.1 Å². The molecule has 1 amide bonds. The second-order valence-corrected chi connectivity index (χ2v) is 9.98. The molecule has 1 fully saturated rings. The molecule has 2 heterocycles. The van der Waals surface area contributed by atoms with E-state index in [1.165, 1.54) is 11.1 Å². The van der Waals surface area contributed by atoms with Gasteiger partial charge in [0.15, 0.2) is 17.4 Å². The van der Waals surface area contributed by atoms with Crippen molar-refractivity contribution in [2.24, 2.45) is 10.9 Å². The van der Waals surface area contributed by atoms with Crippen molar-refractivity contribution in [1.82, 2.24) is 15.1 Å². The zero-order valence-corrected chi connectivity index (χ0v) is 23.7. The maximum Gasteiger partial charge on any atom is 0.321 e. The molecular weight excluding hydrogens is 520 g/mol. The predicted octanol–water partition coefficient (Wildman–Crippen LogP) is 3.82. The van der Waals surface area contributed by atoms with Gasteiger partial charge in [0.25, 0.3) is 0 Å². The number of hydrogen-bond donors (Lipinski definition) is 1. The Morgan fingerprint density at radius 3 is 2.07 bits per heavy atom. The van der Waals surface area contributed by atoms with E-state index in [4.69, 9.17) is 19.2 Å². The zero-order valence-electron chi connectivity index (χ0n) is 23.7. The molecule has 5 rings (SSSR count). The fraction of sp³-hybridized carbons (Fsp3) is 0.344. The van der Waals surface area contributed by atoms with Crippen LogP contribution in [0.15, 0.2) is 83.9 Å². The molecule has 1 N–H and O–H groups in total. The Morgan fingerprint density at radius 1 is 0.902 bits per heavy atom. The first-order valence-corrected chi connectivity index (χ1v) is 13.9. The molecule has 3 aromatic rings. The lowest BCUT2D eigenvalue weighted by molar-refractivity contribution is -0.153. The maximum absolute atomic E-state index is 13.4. The number of rotatable bonds is 8. The van der Waals surface area contributed by atoms with Crippen LogP contribution in [0.1, 0.15) is 35.7 Å². The van der Waals surface area contributed by atoms with Gasteiger partial charge in [0.05, 0.1) is 26.9 Å². The minimum Gasteiger partial charge on any atom is -0.493 e. The van der Waals surface area contributed by atoms with Crippen molar-refractivity contribution in [3.63, 3.8) is 0 Å². The average molecular weight is 557 g/mol. The Balaban J connectivity index is 1.41. The number of methoxy groups -OCH3 is 2.